The van der Waals surface area contributed by atoms with Gasteiger partial charge in [0.05, 0.1) is 6.10 Å². The van der Waals surface area contributed by atoms with Crippen molar-refractivity contribution in [3.8, 4) is 11.5 Å². The minimum Gasteiger partial charge on any atom is -0.457 e. The van der Waals surface area contributed by atoms with E-state index < -0.39 is 6.10 Å². The lowest BCUT2D eigenvalue weighted by Gasteiger charge is -2.10. The zero-order chi connectivity index (χ0) is 13.8. The number of rotatable bonds is 4. The van der Waals surface area contributed by atoms with Crippen molar-refractivity contribution in [3.63, 3.8) is 0 Å². The van der Waals surface area contributed by atoms with E-state index in [-0.39, 0.29) is 5.82 Å². The highest BCUT2D eigenvalue weighted by Gasteiger charge is 2.06. The second-order valence-corrected chi connectivity index (χ2v) is 5.12. The van der Waals surface area contributed by atoms with Gasteiger partial charge in [0.25, 0.3) is 0 Å². The van der Waals surface area contributed by atoms with Gasteiger partial charge >= 0.3 is 0 Å². The van der Waals surface area contributed by atoms with Gasteiger partial charge in [-0.2, -0.15) is 0 Å². The molecule has 0 bridgehead atoms. The van der Waals surface area contributed by atoms with Crippen LogP contribution < -0.4 is 4.74 Å². The predicted octanol–water partition coefficient (Wildman–Crippen LogP) is 4.82. The molecular weight excluding hydrogens is 311 g/mol. The molecular formula is C15H14BrFO2. The van der Waals surface area contributed by atoms with E-state index in [0.29, 0.717) is 22.4 Å². The van der Waals surface area contributed by atoms with Crippen LogP contribution in [0.1, 0.15) is 25.0 Å². The molecule has 0 spiro atoms. The van der Waals surface area contributed by atoms with E-state index in [4.69, 9.17) is 4.74 Å². The van der Waals surface area contributed by atoms with Crippen LogP contribution in [0, 0.1) is 5.82 Å². The largest absolute Gasteiger partial charge is 0.457 e. The molecule has 2 aromatic carbocycles. The molecule has 1 N–H and O–H groups in total. The van der Waals surface area contributed by atoms with Crippen LogP contribution >= 0.6 is 15.9 Å². The molecule has 2 rings (SSSR count). The first-order valence-electron chi connectivity index (χ1n) is 6.00. The molecule has 0 saturated heterocycles. The van der Waals surface area contributed by atoms with Crippen molar-refractivity contribution in [2.24, 2.45) is 0 Å². The molecule has 0 amide bonds. The number of aliphatic hydroxyl groups is 1. The lowest BCUT2D eigenvalue weighted by atomic mass is 10.1. The molecule has 100 valence electrons. The van der Waals surface area contributed by atoms with Crippen LogP contribution in [0.25, 0.3) is 0 Å². The van der Waals surface area contributed by atoms with Crippen LogP contribution in [0.2, 0.25) is 0 Å². The second-order valence-electron chi connectivity index (χ2n) is 4.20. The van der Waals surface area contributed by atoms with Gasteiger partial charge in [0.2, 0.25) is 0 Å². The quantitative estimate of drug-likeness (QED) is 0.873. The molecule has 0 aliphatic rings. The van der Waals surface area contributed by atoms with E-state index in [1.165, 1.54) is 12.1 Å². The van der Waals surface area contributed by atoms with Crippen molar-refractivity contribution in [1.29, 1.82) is 0 Å². The monoisotopic (exact) mass is 324 g/mol. The van der Waals surface area contributed by atoms with Gasteiger partial charge in [-0.05, 0) is 36.2 Å². The Kier molecular flexibility index (Phi) is 4.56. The first kappa shape index (κ1) is 14.0. The average molecular weight is 325 g/mol. The predicted molar refractivity (Wildman–Crippen MR) is 75.9 cm³/mol. The van der Waals surface area contributed by atoms with Gasteiger partial charge in [-0.25, -0.2) is 4.39 Å². The molecule has 0 aromatic heterocycles. The number of halogens is 2. The SMILES string of the molecule is CCC(O)c1ccc(Oc2cc(F)cc(Br)c2)cc1. The minimum absolute atomic E-state index is 0.359. The molecule has 1 unspecified atom stereocenters. The maximum Gasteiger partial charge on any atom is 0.131 e. The van der Waals surface area contributed by atoms with Crippen molar-refractivity contribution in [2.45, 2.75) is 19.4 Å². The zero-order valence-corrected chi connectivity index (χ0v) is 12.0. The van der Waals surface area contributed by atoms with E-state index >= 15 is 0 Å². The van der Waals surface area contributed by atoms with E-state index in [0.717, 1.165) is 5.56 Å². The topological polar surface area (TPSA) is 29.5 Å². The Morgan fingerprint density at radius 3 is 2.42 bits per heavy atom. The van der Waals surface area contributed by atoms with Crippen molar-refractivity contribution in [2.75, 3.05) is 0 Å². The van der Waals surface area contributed by atoms with E-state index in [1.807, 2.05) is 6.92 Å². The van der Waals surface area contributed by atoms with Gasteiger partial charge < -0.3 is 9.84 Å². The van der Waals surface area contributed by atoms with Gasteiger partial charge in [0, 0.05) is 10.5 Å². The molecule has 0 radical (unpaired) electrons. The Labute approximate surface area is 120 Å². The molecule has 19 heavy (non-hydrogen) atoms. The smallest absolute Gasteiger partial charge is 0.131 e. The van der Waals surface area contributed by atoms with Crippen LogP contribution in [-0.4, -0.2) is 5.11 Å². The lowest BCUT2D eigenvalue weighted by molar-refractivity contribution is 0.173. The standard InChI is InChI=1S/C15H14BrFO2/c1-2-15(18)10-3-5-13(6-4-10)19-14-8-11(16)7-12(17)9-14/h3-9,15,18H,2H2,1H3. The van der Waals surface area contributed by atoms with Gasteiger partial charge in [-0.1, -0.05) is 35.0 Å². The highest BCUT2D eigenvalue weighted by atomic mass is 79.9. The summed E-state index contributed by atoms with van der Waals surface area (Å²) in [6.45, 7) is 1.92. The molecule has 1 atom stereocenters. The number of aliphatic hydroxyl groups excluding tert-OH is 1. The third-order valence-electron chi connectivity index (χ3n) is 2.72. The summed E-state index contributed by atoms with van der Waals surface area (Å²) in [6.07, 6.45) is 0.203. The van der Waals surface area contributed by atoms with Crippen LogP contribution in [0.3, 0.4) is 0 Å². The van der Waals surface area contributed by atoms with E-state index in [2.05, 4.69) is 15.9 Å². The summed E-state index contributed by atoms with van der Waals surface area (Å²) in [5, 5.41) is 9.69. The first-order valence-corrected chi connectivity index (χ1v) is 6.79. The fraction of sp³-hybridized carbons (Fsp3) is 0.200. The number of ether oxygens (including phenoxy) is 1. The van der Waals surface area contributed by atoms with Gasteiger partial charge in [-0.3, -0.25) is 0 Å². The van der Waals surface area contributed by atoms with Crippen LogP contribution in [0.4, 0.5) is 4.39 Å². The highest BCUT2D eigenvalue weighted by molar-refractivity contribution is 9.10. The molecule has 0 saturated carbocycles. The van der Waals surface area contributed by atoms with Gasteiger partial charge in [-0.15, -0.1) is 0 Å². The summed E-state index contributed by atoms with van der Waals surface area (Å²) >= 11 is 3.21. The summed E-state index contributed by atoms with van der Waals surface area (Å²) in [6, 6.07) is 11.5. The number of hydrogen-bond donors (Lipinski definition) is 1. The molecule has 0 aliphatic heterocycles. The summed E-state index contributed by atoms with van der Waals surface area (Å²) in [4.78, 5) is 0. The Balaban J connectivity index is 2.15. The Hall–Kier alpha value is -1.39. The maximum absolute atomic E-state index is 13.2. The number of hydrogen-bond acceptors (Lipinski definition) is 2. The fourth-order valence-electron chi connectivity index (χ4n) is 1.72. The van der Waals surface area contributed by atoms with Crippen molar-refractivity contribution in [3.05, 3.63) is 58.3 Å². The van der Waals surface area contributed by atoms with Crippen LogP contribution in [0.5, 0.6) is 11.5 Å². The third kappa shape index (κ3) is 3.78. The second kappa shape index (κ2) is 6.17. The van der Waals surface area contributed by atoms with Crippen molar-refractivity contribution >= 4 is 15.9 Å². The molecule has 0 fully saturated rings. The minimum atomic E-state index is -0.461. The van der Waals surface area contributed by atoms with Crippen molar-refractivity contribution < 1.29 is 14.2 Å². The lowest BCUT2D eigenvalue weighted by Crippen LogP contribution is -1.94. The fourth-order valence-corrected chi connectivity index (χ4v) is 2.16. The summed E-state index contributed by atoms with van der Waals surface area (Å²) in [5.74, 6) is 0.669. The van der Waals surface area contributed by atoms with E-state index in [1.54, 1.807) is 30.3 Å². The Morgan fingerprint density at radius 2 is 1.84 bits per heavy atom. The maximum atomic E-state index is 13.2. The third-order valence-corrected chi connectivity index (χ3v) is 3.18. The highest BCUT2D eigenvalue weighted by Crippen LogP contribution is 2.27. The molecule has 2 nitrogen and oxygen atoms in total. The van der Waals surface area contributed by atoms with E-state index in [9.17, 15) is 9.50 Å². The molecule has 2 aromatic rings. The van der Waals surface area contributed by atoms with Crippen LogP contribution in [0.15, 0.2) is 46.9 Å². The van der Waals surface area contributed by atoms with Gasteiger partial charge in [0.1, 0.15) is 17.3 Å². The Bertz CT molecular complexity index is 534. The first-order chi connectivity index (χ1) is 9.08. The summed E-state index contributed by atoms with van der Waals surface area (Å²) in [7, 11) is 0. The zero-order valence-electron chi connectivity index (χ0n) is 10.4. The van der Waals surface area contributed by atoms with Crippen molar-refractivity contribution in [1.82, 2.24) is 0 Å². The summed E-state index contributed by atoms with van der Waals surface area (Å²) in [5.41, 5.74) is 0.843. The Morgan fingerprint density at radius 1 is 1.16 bits per heavy atom. The van der Waals surface area contributed by atoms with Gasteiger partial charge in [0.15, 0.2) is 0 Å². The summed E-state index contributed by atoms with van der Waals surface area (Å²) < 4.78 is 19.4. The van der Waals surface area contributed by atoms with Crippen LogP contribution in [-0.2, 0) is 0 Å². The average Bonchev–Trinajstić information content (AvgIpc) is 2.37. The molecule has 4 heteroatoms. The molecule has 0 aliphatic carbocycles. The number of benzene rings is 2. The normalized spacial score (nSPS) is 12.2. The molecule has 0 heterocycles.